The fraction of sp³-hybridized carbons (Fsp3) is 0.333. The average Bonchev–Trinajstić information content (AvgIpc) is 2.89. The summed E-state index contributed by atoms with van der Waals surface area (Å²) >= 11 is 0. The Hall–Kier alpha value is -3.74. The highest BCUT2D eigenvalue weighted by Crippen LogP contribution is 2.61. The topological polar surface area (TPSA) is 159 Å². The molecule has 15 heteroatoms. The van der Waals surface area contributed by atoms with Crippen molar-refractivity contribution in [1.82, 2.24) is 20.3 Å². The predicted octanol–water partition coefficient (Wildman–Crippen LogP) is 4.94. The van der Waals surface area contributed by atoms with Crippen LogP contribution in [0, 0.1) is 0 Å². The van der Waals surface area contributed by atoms with Gasteiger partial charge in [0.15, 0.2) is 5.69 Å². The fourth-order valence-corrected chi connectivity index (χ4v) is 5.42. The number of aromatic nitrogens is 3. The first-order chi connectivity index (χ1) is 18.3. The molecule has 0 radical (unpaired) electrons. The molecule has 0 aliphatic rings. The molecule has 5 N–H and O–H groups in total. The number of benzene rings is 1. The number of hydrogen-bond donors (Lipinski definition) is 5. The van der Waals surface area contributed by atoms with Gasteiger partial charge in [0.2, 0.25) is 5.95 Å². The van der Waals surface area contributed by atoms with Crippen molar-refractivity contribution in [3.8, 4) is 5.75 Å². The molecule has 2 aromatic heterocycles. The lowest BCUT2D eigenvalue weighted by Gasteiger charge is -2.33. The highest BCUT2D eigenvalue weighted by Gasteiger charge is 2.45. The van der Waals surface area contributed by atoms with E-state index in [0.29, 0.717) is 11.8 Å². The van der Waals surface area contributed by atoms with E-state index in [2.05, 4.69) is 30.9 Å². The van der Waals surface area contributed by atoms with Crippen LogP contribution in [0.3, 0.4) is 0 Å². The minimum Gasteiger partial charge on any atom is -0.495 e. The second-order valence-corrected chi connectivity index (χ2v) is 10.3. The van der Waals surface area contributed by atoms with Crippen LogP contribution in [-0.2, 0) is 15.9 Å². The van der Waals surface area contributed by atoms with Gasteiger partial charge in [0.05, 0.1) is 23.6 Å². The molecule has 0 unspecified atom stereocenters. The van der Waals surface area contributed by atoms with E-state index < -0.39 is 36.2 Å². The predicted molar refractivity (Wildman–Crippen MR) is 139 cm³/mol. The smallest absolute Gasteiger partial charge is 0.421 e. The molecule has 11 nitrogen and oxygen atoms in total. The van der Waals surface area contributed by atoms with Gasteiger partial charge >= 0.3 is 13.8 Å². The maximum atomic E-state index is 13.8. The normalized spacial score (nSPS) is 12.1. The van der Waals surface area contributed by atoms with E-state index in [1.54, 1.807) is 13.8 Å². The molecule has 2 heterocycles. The van der Waals surface area contributed by atoms with Gasteiger partial charge in [-0.1, -0.05) is 19.9 Å². The van der Waals surface area contributed by atoms with Crippen molar-refractivity contribution in [2.24, 2.45) is 0 Å². The molecule has 0 saturated heterocycles. The number of carbonyl (C=O) groups excluding carboxylic acids is 1. The number of nitrogens with zero attached hydrogens (tertiary/aromatic N) is 3. The Morgan fingerprint density at radius 3 is 2.33 bits per heavy atom. The Balaban J connectivity index is 2.05. The summed E-state index contributed by atoms with van der Waals surface area (Å²) in [6.45, 7) is 3.34. The maximum absolute atomic E-state index is 13.8. The highest BCUT2D eigenvalue weighted by atomic mass is 31.2. The van der Waals surface area contributed by atoms with Gasteiger partial charge in [-0.15, -0.1) is 0 Å². The molecule has 0 spiro atoms. The SMILES string of the molecule is CCC(CC)(c1ccc(Nc2ncc(C(F)(F)F)c(Nc3cccnc3C(=O)NC)n2)c(OC)c1)P(=O)(O)O. The molecule has 210 valence electrons. The molecule has 3 rings (SSSR count). The summed E-state index contributed by atoms with van der Waals surface area (Å²) in [6, 6.07) is 7.26. The highest BCUT2D eigenvalue weighted by molar-refractivity contribution is 7.53. The van der Waals surface area contributed by atoms with Crippen molar-refractivity contribution in [3.05, 3.63) is 59.5 Å². The van der Waals surface area contributed by atoms with Crippen LogP contribution in [0.25, 0.3) is 0 Å². The van der Waals surface area contributed by atoms with Crippen LogP contribution >= 0.6 is 7.60 Å². The molecule has 0 atom stereocenters. The zero-order chi connectivity index (χ0) is 29.0. The van der Waals surface area contributed by atoms with Crippen molar-refractivity contribution in [3.63, 3.8) is 0 Å². The van der Waals surface area contributed by atoms with Crippen LogP contribution in [0.2, 0.25) is 0 Å². The standard InChI is InChI=1S/C24H28F3N6O5P/c1-5-23(6-2,39(35,36)37)14-9-10-16(18(12-14)38-4)32-22-30-13-15(24(25,26)27)20(33-22)31-17-8-7-11-29-19(17)21(34)28-3/h7-13H,5-6H2,1-4H3,(H,28,34)(H2,35,36,37)(H2,30,31,32,33). The third-order valence-corrected chi connectivity index (χ3v) is 8.32. The average molecular weight is 568 g/mol. The number of nitrogens with one attached hydrogen (secondary N) is 3. The summed E-state index contributed by atoms with van der Waals surface area (Å²) in [4.78, 5) is 44.0. The third kappa shape index (κ3) is 6.13. The Morgan fingerprint density at radius 2 is 1.77 bits per heavy atom. The molecule has 0 aliphatic carbocycles. The number of halogens is 3. The molecule has 0 saturated carbocycles. The van der Waals surface area contributed by atoms with Crippen LogP contribution in [0.1, 0.15) is 48.3 Å². The monoisotopic (exact) mass is 568 g/mol. The molecule has 0 fully saturated rings. The summed E-state index contributed by atoms with van der Waals surface area (Å²) in [7, 11) is -1.87. The van der Waals surface area contributed by atoms with E-state index in [0.717, 1.165) is 0 Å². The van der Waals surface area contributed by atoms with Crippen molar-refractivity contribution in [2.45, 2.75) is 38.0 Å². The lowest BCUT2D eigenvalue weighted by Crippen LogP contribution is -2.24. The van der Waals surface area contributed by atoms with E-state index in [9.17, 15) is 32.3 Å². The molecule has 0 aliphatic heterocycles. The van der Waals surface area contributed by atoms with E-state index in [1.165, 1.54) is 50.7 Å². The number of ether oxygens (including phenoxy) is 1. The first-order valence-corrected chi connectivity index (χ1v) is 13.3. The van der Waals surface area contributed by atoms with Gasteiger partial charge < -0.3 is 30.5 Å². The van der Waals surface area contributed by atoms with Crippen molar-refractivity contribution in [2.75, 3.05) is 24.8 Å². The van der Waals surface area contributed by atoms with Gasteiger partial charge in [-0.05, 0) is 42.7 Å². The van der Waals surface area contributed by atoms with Crippen molar-refractivity contribution >= 4 is 36.6 Å². The van der Waals surface area contributed by atoms with E-state index in [-0.39, 0.29) is 41.6 Å². The second-order valence-electron chi connectivity index (χ2n) is 8.38. The minimum atomic E-state index is -4.82. The molecule has 1 amide bonds. The van der Waals surface area contributed by atoms with Gasteiger partial charge in [0, 0.05) is 19.4 Å². The summed E-state index contributed by atoms with van der Waals surface area (Å²) in [5.74, 6) is -1.32. The van der Waals surface area contributed by atoms with Gasteiger partial charge in [0.25, 0.3) is 5.91 Å². The summed E-state index contributed by atoms with van der Waals surface area (Å²) in [5, 5.41) is 6.25. The Morgan fingerprint density at radius 1 is 1.08 bits per heavy atom. The third-order valence-electron chi connectivity index (χ3n) is 6.31. The number of rotatable bonds is 10. The van der Waals surface area contributed by atoms with Crippen LogP contribution < -0.4 is 20.7 Å². The number of anilines is 4. The summed E-state index contributed by atoms with van der Waals surface area (Å²) in [5.41, 5.74) is -0.747. The number of amides is 1. The van der Waals surface area contributed by atoms with Crippen molar-refractivity contribution < 1.29 is 37.1 Å². The Labute approximate surface area is 222 Å². The number of carbonyl (C=O) groups is 1. The number of hydrogen-bond acceptors (Lipinski definition) is 8. The van der Waals surface area contributed by atoms with Crippen LogP contribution in [-0.4, -0.2) is 44.8 Å². The fourth-order valence-electron chi connectivity index (χ4n) is 4.12. The minimum absolute atomic E-state index is 0.0122. The largest absolute Gasteiger partial charge is 0.495 e. The second kappa shape index (κ2) is 11.6. The maximum Gasteiger partial charge on any atom is 0.421 e. The van der Waals surface area contributed by atoms with Crippen LogP contribution in [0.5, 0.6) is 5.75 Å². The summed E-state index contributed by atoms with van der Waals surface area (Å²) < 4.78 is 59.0. The lowest BCUT2D eigenvalue weighted by molar-refractivity contribution is -0.137. The quantitative estimate of drug-likeness (QED) is 0.212. The zero-order valence-corrected chi connectivity index (χ0v) is 22.4. The Kier molecular flexibility index (Phi) is 8.84. The molecule has 39 heavy (non-hydrogen) atoms. The van der Waals surface area contributed by atoms with Crippen molar-refractivity contribution in [1.29, 1.82) is 0 Å². The lowest BCUT2D eigenvalue weighted by atomic mass is 9.92. The number of methoxy groups -OCH3 is 1. The molecular formula is C24H28F3N6O5P. The van der Waals surface area contributed by atoms with Gasteiger partial charge in [-0.25, -0.2) is 9.97 Å². The molecular weight excluding hydrogens is 540 g/mol. The molecule has 3 aromatic rings. The number of alkyl halides is 3. The molecule has 0 bridgehead atoms. The van der Waals surface area contributed by atoms with E-state index >= 15 is 0 Å². The van der Waals surface area contributed by atoms with Gasteiger partial charge in [0.1, 0.15) is 17.1 Å². The van der Waals surface area contributed by atoms with Crippen LogP contribution in [0.4, 0.5) is 36.3 Å². The van der Waals surface area contributed by atoms with Crippen LogP contribution in [0.15, 0.2) is 42.7 Å². The first-order valence-electron chi connectivity index (χ1n) is 11.7. The first kappa shape index (κ1) is 29.8. The number of pyridine rings is 1. The molecule has 1 aromatic carbocycles. The zero-order valence-electron chi connectivity index (χ0n) is 21.5. The van der Waals surface area contributed by atoms with E-state index in [1.807, 2.05) is 0 Å². The summed E-state index contributed by atoms with van der Waals surface area (Å²) in [6.07, 6.45) is -2.59. The van der Waals surface area contributed by atoms with E-state index in [4.69, 9.17) is 4.74 Å². The van der Waals surface area contributed by atoms with Gasteiger partial charge in [-0.2, -0.15) is 18.2 Å². The Bertz CT molecular complexity index is 1390. The van der Waals surface area contributed by atoms with Gasteiger partial charge in [-0.3, -0.25) is 9.36 Å².